The topological polar surface area (TPSA) is 58.2 Å². The molecule has 2 N–H and O–H groups in total. The molecule has 1 aromatic carbocycles. The largest absolute Gasteiger partial charge is 0.347 e. The Labute approximate surface area is 139 Å². The van der Waals surface area contributed by atoms with Gasteiger partial charge in [-0.25, -0.2) is 0 Å². The summed E-state index contributed by atoms with van der Waals surface area (Å²) < 4.78 is 0. The molecule has 0 radical (unpaired) electrons. The highest BCUT2D eigenvalue weighted by Gasteiger charge is 2.13. The number of ketones is 1. The van der Waals surface area contributed by atoms with Gasteiger partial charge in [-0.3, -0.25) is 9.59 Å². The van der Waals surface area contributed by atoms with E-state index in [1.54, 1.807) is 11.4 Å². The lowest BCUT2D eigenvalue weighted by atomic mass is 10.1. The van der Waals surface area contributed by atoms with Crippen LogP contribution in [-0.2, 0) is 19.6 Å². The second-order valence-electron chi connectivity index (χ2n) is 5.15. The van der Waals surface area contributed by atoms with Crippen LogP contribution in [0.4, 0.5) is 0 Å². The Balaban J connectivity index is 0.00000176. The number of fused-ring (bicyclic) bond motifs is 1. The van der Waals surface area contributed by atoms with Crippen molar-refractivity contribution in [2.45, 2.75) is 26.6 Å². The summed E-state index contributed by atoms with van der Waals surface area (Å²) in [4.78, 5) is 23.9. The summed E-state index contributed by atoms with van der Waals surface area (Å²) in [6.07, 6.45) is 0. The standard InChI is InChI=1S/C16H16N2O2S.ClH/c1-10(19)14-5-15(21-9-14)16(20)18-6-11-2-3-12-7-17-8-13(12)4-11;/h2-5,9,17H,6-8H2,1H3,(H,18,20);1H. The number of nitrogens with one attached hydrogen (secondary N) is 2. The first-order valence-corrected chi connectivity index (χ1v) is 7.70. The number of carbonyl (C=O) groups excluding carboxylic acids is 2. The molecule has 22 heavy (non-hydrogen) atoms. The van der Waals surface area contributed by atoms with E-state index in [9.17, 15) is 9.59 Å². The van der Waals surface area contributed by atoms with Gasteiger partial charge >= 0.3 is 0 Å². The molecule has 0 saturated heterocycles. The Morgan fingerprint density at radius 1 is 1.23 bits per heavy atom. The van der Waals surface area contributed by atoms with Crippen LogP contribution in [0.25, 0.3) is 0 Å². The third-order valence-electron chi connectivity index (χ3n) is 3.58. The van der Waals surface area contributed by atoms with Gasteiger partial charge < -0.3 is 10.6 Å². The van der Waals surface area contributed by atoms with Crippen molar-refractivity contribution in [3.8, 4) is 0 Å². The predicted molar refractivity (Wildman–Crippen MR) is 89.7 cm³/mol. The molecule has 1 aromatic heterocycles. The van der Waals surface area contributed by atoms with Crippen LogP contribution in [0, 0.1) is 0 Å². The van der Waals surface area contributed by atoms with E-state index < -0.39 is 0 Å². The number of hydrogen-bond acceptors (Lipinski definition) is 4. The van der Waals surface area contributed by atoms with Gasteiger partial charge in [0.05, 0.1) is 4.88 Å². The van der Waals surface area contributed by atoms with E-state index in [1.807, 2.05) is 6.07 Å². The van der Waals surface area contributed by atoms with Crippen LogP contribution in [0.1, 0.15) is 43.6 Å². The molecule has 0 bridgehead atoms. The fourth-order valence-corrected chi connectivity index (χ4v) is 3.23. The van der Waals surface area contributed by atoms with E-state index in [0.717, 1.165) is 18.7 Å². The minimum absolute atomic E-state index is 0. The Morgan fingerprint density at radius 2 is 2.00 bits per heavy atom. The van der Waals surface area contributed by atoms with Gasteiger partial charge in [-0.05, 0) is 29.7 Å². The Morgan fingerprint density at radius 3 is 2.73 bits per heavy atom. The fraction of sp³-hybridized carbons (Fsp3) is 0.250. The average Bonchev–Trinajstić information content (AvgIpc) is 3.12. The molecule has 1 aliphatic rings. The van der Waals surface area contributed by atoms with E-state index >= 15 is 0 Å². The summed E-state index contributed by atoms with van der Waals surface area (Å²) >= 11 is 1.30. The molecule has 0 unspecified atom stereocenters. The van der Waals surface area contributed by atoms with Crippen LogP contribution >= 0.6 is 23.7 Å². The van der Waals surface area contributed by atoms with Gasteiger partial charge in [-0.1, -0.05) is 18.2 Å². The monoisotopic (exact) mass is 336 g/mol. The normalized spacial score (nSPS) is 12.4. The molecule has 2 aromatic rings. The van der Waals surface area contributed by atoms with E-state index in [0.29, 0.717) is 17.0 Å². The minimum atomic E-state index is -0.133. The predicted octanol–water partition coefficient (Wildman–Crippen LogP) is 2.91. The third kappa shape index (κ3) is 3.55. The van der Waals surface area contributed by atoms with Crippen LogP contribution in [-0.4, -0.2) is 11.7 Å². The van der Waals surface area contributed by atoms with Crippen molar-refractivity contribution in [3.63, 3.8) is 0 Å². The van der Waals surface area contributed by atoms with E-state index in [-0.39, 0.29) is 24.1 Å². The smallest absolute Gasteiger partial charge is 0.261 e. The first-order chi connectivity index (χ1) is 10.1. The summed E-state index contributed by atoms with van der Waals surface area (Å²) in [5.74, 6) is -0.150. The van der Waals surface area contributed by atoms with Crippen molar-refractivity contribution in [1.29, 1.82) is 0 Å². The number of Topliss-reactive ketones (excluding diaryl/α,β-unsaturated/α-hetero) is 1. The Hall–Kier alpha value is -1.69. The highest BCUT2D eigenvalue weighted by molar-refractivity contribution is 7.12. The van der Waals surface area contributed by atoms with Crippen molar-refractivity contribution < 1.29 is 9.59 Å². The molecule has 1 amide bonds. The molecule has 0 fully saturated rings. The molecule has 0 atom stereocenters. The van der Waals surface area contributed by atoms with Crippen LogP contribution < -0.4 is 10.6 Å². The highest BCUT2D eigenvalue weighted by atomic mass is 35.5. The van der Waals surface area contributed by atoms with E-state index in [1.165, 1.54) is 29.4 Å². The number of halogens is 1. The molecule has 6 heteroatoms. The molecule has 3 rings (SSSR count). The number of thiophene rings is 1. The summed E-state index contributed by atoms with van der Waals surface area (Å²) in [6, 6.07) is 7.93. The first-order valence-electron chi connectivity index (χ1n) is 6.82. The fourth-order valence-electron chi connectivity index (χ4n) is 2.37. The lowest BCUT2D eigenvalue weighted by Gasteiger charge is -2.06. The molecular weight excluding hydrogens is 320 g/mol. The van der Waals surface area contributed by atoms with Gasteiger partial charge in [-0.15, -0.1) is 23.7 Å². The summed E-state index contributed by atoms with van der Waals surface area (Å²) in [6.45, 7) is 3.82. The van der Waals surface area contributed by atoms with Crippen molar-refractivity contribution in [2.24, 2.45) is 0 Å². The van der Waals surface area contributed by atoms with Crippen molar-refractivity contribution in [1.82, 2.24) is 10.6 Å². The SMILES string of the molecule is CC(=O)c1csc(C(=O)NCc2ccc3c(c2)CNC3)c1.Cl. The van der Waals surface area contributed by atoms with E-state index in [4.69, 9.17) is 0 Å². The van der Waals surface area contributed by atoms with Crippen LogP contribution in [0.2, 0.25) is 0 Å². The van der Waals surface area contributed by atoms with Gasteiger partial charge in [0.15, 0.2) is 5.78 Å². The highest BCUT2D eigenvalue weighted by Crippen LogP contribution is 2.18. The molecule has 0 aliphatic carbocycles. The van der Waals surface area contributed by atoms with Crippen molar-refractivity contribution in [3.05, 3.63) is 56.8 Å². The van der Waals surface area contributed by atoms with Crippen LogP contribution in [0.15, 0.2) is 29.6 Å². The zero-order valence-electron chi connectivity index (χ0n) is 12.1. The summed E-state index contributed by atoms with van der Waals surface area (Å²) in [5.41, 5.74) is 4.31. The van der Waals surface area contributed by atoms with Crippen LogP contribution in [0.5, 0.6) is 0 Å². The zero-order valence-corrected chi connectivity index (χ0v) is 13.8. The Kier molecular flexibility index (Phi) is 5.34. The summed E-state index contributed by atoms with van der Waals surface area (Å²) in [5, 5.41) is 7.92. The second kappa shape index (κ2) is 7.05. The quantitative estimate of drug-likeness (QED) is 0.844. The molecule has 4 nitrogen and oxygen atoms in total. The molecule has 1 aliphatic heterocycles. The van der Waals surface area contributed by atoms with E-state index in [2.05, 4.69) is 22.8 Å². The third-order valence-corrected chi connectivity index (χ3v) is 4.51. The molecular formula is C16H17ClN2O2S. The van der Waals surface area contributed by atoms with Crippen molar-refractivity contribution in [2.75, 3.05) is 0 Å². The van der Waals surface area contributed by atoms with Gasteiger partial charge in [0.1, 0.15) is 0 Å². The number of hydrogen-bond donors (Lipinski definition) is 2. The van der Waals surface area contributed by atoms with Gasteiger partial charge in [0.25, 0.3) is 5.91 Å². The van der Waals surface area contributed by atoms with Gasteiger partial charge in [0, 0.05) is 30.6 Å². The maximum atomic E-state index is 12.1. The zero-order chi connectivity index (χ0) is 14.8. The molecule has 116 valence electrons. The lowest BCUT2D eigenvalue weighted by Crippen LogP contribution is -2.21. The minimum Gasteiger partial charge on any atom is -0.347 e. The second-order valence-corrected chi connectivity index (χ2v) is 6.06. The first kappa shape index (κ1) is 16.7. The number of amides is 1. The van der Waals surface area contributed by atoms with Gasteiger partial charge in [-0.2, -0.15) is 0 Å². The average molecular weight is 337 g/mol. The number of benzene rings is 1. The maximum absolute atomic E-state index is 12.1. The maximum Gasteiger partial charge on any atom is 0.261 e. The molecule has 0 spiro atoms. The number of carbonyl (C=O) groups is 2. The number of rotatable bonds is 4. The van der Waals surface area contributed by atoms with Crippen LogP contribution in [0.3, 0.4) is 0 Å². The lowest BCUT2D eigenvalue weighted by molar-refractivity contribution is 0.0955. The Bertz CT molecular complexity index is 712. The summed E-state index contributed by atoms with van der Waals surface area (Å²) in [7, 11) is 0. The molecule has 2 heterocycles. The molecule has 0 saturated carbocycles. The van der Waals surface area contributed by atoms with Crippen molar-refractivity contribution >= 4 is 35.4 Å². The van der Waals surface area contributed by atoms with Gasteiger partial charge in [0.2, 0.25) is 0 Å².